The quantitative estimate of drug-likeness (QED) is 0.628. The van der Waals surface area contributed by atoms with Gasteiger partial charge >= 0.3 is 0 Å². The summed E-state index contributed by atoms with van der Waals surface area (Å²) in [6.45, 7) is 7.20. The van der Waals surface area contributed by atoms with Crippen LogP contribution in [0.25, 0.3) is 0 Å². The number of hydrogen-bond acceptors (Lipinski definition) is 4. The predicted octanol–water partition coefficient (Wildman–Crippen LogP) is 3.08. The highest BCUT2D eigenvalue weighted by Gasteiger charge is 2.26. The summed E-state index contributed by atoms with van der Waals surface area (Å²) in [7, 11) is 0. The molecule has 0 saturated carbocycles. The van der Waals surface area contributed by atoms with Gasteiger partial charge in [0.1, 0.15) is 5.82 Å². The Morgan fingerprint density at radius 2 is 1.76 bits per heavy atom. The Bertz CT molecular complexity index is 1120. The summed E-state index contributed by atoms with van der Waals surface area (Å²) in [5, 5.41) is 2.78. The topological polar surface area (TPSA) is 70.5 Å². The minimum absolute atomic E-state index is 0.0192. The lowest BCUT2D eigenvalue weighted by Crippen LogP contribution is -2.50. The highest BCUT2D eigenvalue weighted by atomic mass is 19.1. The van der Waals surface area contributed by atoms with Gasteiger partial charge in [-0.05, 0) is 56.3 Å². The van der Waals surface area contributed by atoms with Crippen LogP contribution in [0.1, 0.15) is 27.4 Å². The smallest absolute Gasteiger partial charge is 0.255 e. The Morgan fingerprint density at radius 3 is 2.42 bits per heavy atom. The fraction of sp³-hybridized carbons (Fsp3) is 0.320. The van der Waals surface area contributed by atoms with Gasteiger partial charge < -0.3 is 14.8 Å². The molecule has 33 heavy (non-hydrogen) atoms. The van der Waals surface area contributed by atoms with Crippen LogP contribution in [0.3, 0.4) is 0 Å². The van der Waals surface area contributed by atoms with Gasteiger partial charge in [0.2, 0.25) is 5.91 Å². The summed E-state index contributed by atoms with van der Waals surface area (Å²) in [4.78, 5) is 33.8. The standard InChI is InChI=1S/C25H28FN5O2/c1-18-15-23(19(2)31(18)16-22-5-3-4-10-27-22)25(33)30-13-11-29(12-14-30)17-24(32)28-21-8-6-20(26)7-9-21/h3-10,15H,11-14,16-17H2,1-2H3,(H,28,32). The summed E-state index contributed by atoms with van der Waals surface area (Å²) in [6, 6.07) is 13.5. The van der Waals surface area contributed by atoms with E-state index in [1.165, 1.54) is 24.3 Å². The van der Waals surface area contributed by atoms with Crippen LogP contribution in [-0.4, -0.2) is 63.9 Å². The van der Waals surface area contributed by atoms with E-state index >= 15 is 0 Å². The molecule has 3 heterocycles. The number of nitrogens with zero attached hydrogens (tertiary/aromatic N) is 4. The lowest BCUT2D eigenvalue weighted by molar-refractivity contribution is -0.117. The van der Waals surface area contributed by atoms with E-state index in [1.54, 1.807) is 6.20 Å². The normalized spacial score (nSPS) is 14.3. The number of rotatable bonds is 6. The zero-order valence-corrected chi connectivity index (χ0v) is 18.9. The first-order valence-electron chi connectivity index (χ1n) is 11.0. The number of carbonyl (C=O) groups is 2. The van der Waals surface area contributed by atoms with Crippen molar-refractivity contribution in [2.75, 3.05) is 38.0 Å². The maximum absolute atomic E-state index is 13.2. The van der Waals surface area contributed by atoms with E-state index < -0.39 is 0 Å². The van der Waals surface area contributed by atoms with Gasteiger partial charge in [-0.15, -0.1) is 0 Å². The Labute approximate surface area is 192 Å². The first-order valence-corrected chi connectivity index (χ1v) is 11.0. The van der Waals surface area contributed by atoms with Crippen LogP contribution in [0, 0.1) is 19.7 Å². The number of halogens is 1. The zero-order chi connectivity index (χ0) is 23.4. The molecular formula is C25H28FN5O2. The minimum Gasteiger partial charge on any atom is -0.342 e. The van der Waals surface area contributed by atoms with Gasteiger partial charge in [0, 0.05) is 49.5 Å². The second-order valence-corrected chi connectivity index (χ2v) is 8.32. The molecule has 0 radical (unpaired) electrons. The predicted molar refractivity (Wildman–Crippen MR) is 125 cm³/mol. The van der Waals surface area contributed by atoms with Crippen molar-refractivity contribution in [1.82, 2.24) is 19.4 Å². The maximum atomic E-state index is 13.2. The molecule has 1 aliphatic rings. The molecule has 0 aliphatic carbocycles. The van der Waals surface area contributed by atoms with Crippen LogP contribution in [0.2, 0.25) is 0 Å². The highest BCUT2D eigenvalue weighted by Crippen LogP contribution is 2.19. The number of anilines is 1. The van der Waals surface area contributed by atoms with Crippen LogP contribution in [-0.2, 0) is 11.3 Å². The molecule has 1 saturated heterocycles. The van der Waals surface area contributed by atoms with Crippen molar-refractivity contribution < 1.29 is 14.0 Å². The van der Waals surface area contributed by atoms with Crippen molar-refractivity contribution >= 4 is 17.5 Å². The van der Waals surface area contributed by atoms with Crippen LogP contribution in [0.5, 0.6) is 0 Å². The summed E-state index contributed by atoms with van der Waals surface area (Å²) >= 11 is 0. The van der Waals surface area contributed by atoms with Gasteiger partial charge in [-0.2, -0.15) is 0 Å². The summed E-state index contributed by atoms with van der Waals surface area (Å²) in [6.07, 6.45) is 1.77. The fourth-order valence-corrected chi connectivity index (χ4v) is 4.13. The van der Waals surface area contributed by atoms with Crippen molar-refractivity contribution in [2.45, 2.75) is 20.4 Å². The van der Waals surface area contributed by atoms with Gasteiger partial charge in [-0.25, -0.2) is 4.39 Å². The zero-order valence-electron chi connectivity index (χ0n) is 18.9. The average molecular weight is 450 g/mol. The Morgan fingerprint density at radius 1 is 1.03 bits per heavy atom. The molecule has 1 aromatic carbocycles. The average Bonchev–Trinajstić information content (AvgIpc) is 3.09. The van der Waals surface area contributed by atoms with Gasteiger partial charge in [0.25, 0.3) is 5.91 Å². The summed E-state index contributed by atoms with van der Waals surface area (Å²) in [5.41, 5.74) is 4.19. The highest BCUT2D eigenvalue weighted by molar-refractivity contribution is 5.96. The number of amides is 2. The van der Waals surface area contributed by atoms with E-state index in [2.05, 4.69) is 14.9 Å². The van der Waals surface area contributed by atoms with E-state index in [-0.39, 0.29) is 24.2 Å². The molecule has 1 aliphatic heterocycles. The number of pyridine rings is 1. The van der Waals surface area contributed by atoms with Gasteiger partial charge in [-0.3, -0.25) is 19.5 Å². The van der Waals surface area contributed by atoms with Crippen molar-refractivity contribution in [3.63, 3.8) is 0 Å². The largest absolute Gasteiger partial charge is 0.342 e. The summed E-state index contributed by atoms with van der Waals surface area (Å²) in [5.74, 6) is -0.475. The van der Waals surface area contributed by atoms with E-state index in [1.807, 2.05) is 47.9 Å². The molecule has 2 amide bonds. The van der Waals surface area contributed by atoms with E-state index in [0.717, 1.165) is 17.1 Å². The molecular weight excluding hydrogens is 421 g/mol. The lowest BCUT2D eigenvalue weighted by atomic mass is 10.2. The van der Waals surface area contributed by atoms with Crippen LogP contribution >= 0.6 is 0 Å². The van der Waals surface area contributed by atoms with E-state index in [0.29, 0.717) is 44.0 Å². The molecule has 0 atom stereocenters. The number of aryl methyl sites for hydroxylation is 1. The molecule has 3 aromatic rings. The van der Waals surface area contributed by atoms with Crippen molar-refractivity contribution in [3.8, 4) is 0 Å². The molecule has 1 N–H and O–H groups in total. The SMILES string of the molecule is Cc1cc(C(=O)N2CCN(CC(=O)Nc3ccc(F)cc3)CC2)c(C)n1Cc1ccccn1. The van der Waals surface area contributed by atoms with Gasteiger partial charge in [-0.1, -0.05) is 6.07 Å². The molecule has 1 fully saturated rings. The molecule has 2 aromatic heterocycles. The van der Waals surface area contributed by atoms with E-state index in [4.69, 9.17) is 0 Å². The third kappa shape index (κ3) is 5.46. The molecule has 8 heteroatoms. The Kier molecular flexibility index (Phi) is 6.84. The number of aromatic nitrogens is 2. The minimum atomic E-state index is -0.341. The third-order valence-corrected chi connectivity index (χ3v) is 6.01. The fourth-order valence-electron chi connectivity index (χ4n) is 4.13. The van der Waals surface area contributed by atoms with Crippen molar-refractivity contribution in [3.05, 3.63) is 83.2 Å². The maximum Gasteiger partial charge on any atom is 0.255 e. The number of hydrogen-bond donors (Lipinski definition) is 1. The number of benzene rings is 1. The second-order valence-electron chi connectivity index (χ2n) is 8.32. The number of nitrogens with one attached hydrogen (secondary N) is 1. The van der Waals surface area contributed by atoms with Crippen LogP contribution in [0.15, 0.2) is 54.7 Å². The van der Waals surface area contributed by atoms with Crippen LogP contribution in [0.4, 0.5) is 10.1 Å². The van der Waals surface area contributed by atoms with E-state index in [9.17, 15) is 14.0 Å². The van der Waals surface area contributed by atoms with Crippen molar-refractivity contribution in [1.29, 1.82) is 0 Å². The lowest BCUT2D eigenvalue weighted by Gasteiger charge is -2.34. The first kappa shape index (κ1) is 22.7. The Balaban J connectivity index is 1.32. The number of carbonyl (C=O) groups excluding carboxylic acids is 2. The molecule has 0 bridgehead atoms. The summed E-state index contributed by atoms with van der Waals surface area (Å²) < 4.78 is 15.1. The molecule has 172 valence electrons. The van der Waals surface area contributed by atoms with Crippen molar-refractivity contribution in [2.24, 2.45) is 0 Å². The molecule has 4 rings (SSSR count). The molecule has 7 nitrogen and oxygen atoms in total. The van der Waals surface area contributed by atoms with Crippen LogP contribution < -0.4 is 5.32 Å². The Hall–Kier alpha value is -3.52. The number of piperazine rings is 1. The molecule has 0 unspecified atom stereocenters. The molecule has 0 spiro atoms. The second kappa shape index (κ2) is 9.95. The van der Waals surface area contributed by atoms with Gasteiger partial charge in [0.15, 0.2) is 0 Å². The monoisotopic (exact) mass is 449 g/mol. The first-order chi connectivity index (χ1) is 15.9. The third-order valence-electron chi connectivity index (χ3n) is 6.01. The van der Waals surface area contributed by atoms with Gasteiger partial charge in [0.05, 0.1) is 24.3 Å².